The van der Waals surface area contributed by atoms with E-state index in [1.807, 2.05) is 24.3 Å². The highest BCUT2D eigenvalue weighted by Crippen LogP contribution is 2.12. The van der Waals surface area contributed by atoms with E-state index in [2.05, 4.69) is 0 Å². The van der Waals surface area contributed by atoms with Crippen molar-refractivity contribution in [3.8, 4) is 0 Å². The third-order valence-corrected chi connectivity index (χ3v) is 2.50. The second kappa shape index (κ2) is 7.07. The minimum Gasteiger partial charge on any atom is -0.466 e. The van der Waals surface area contributed by atoms with Crippen LogP contribution >= 0.6 is 11.6 Å². The van der Waals surface area contributed by atoms with Crippen molar-refractivity contribution in [1.82, 2.24) is 0 Å². The Morgan fingerprint density at radius 1 is 1.47 bits per heavy atom. The molecule has 0 heterocycles. The number of rotatable bonds is 6. The summed E-state index contributed by atoms with van der Waals surface area (Å²) < 4.78 is 4.78. The Balaban J connectivity index is 2.35. The van der Waals surface area contributed by atoms with E-state index in [1.54, 1.807) is 6.92 Å². The fraction of sp³-hybridized carbons (Fsp3) is 0.385. The van der Waals surface area contributed by atoms with Crippen molar-refractivity contribution < 1.29 is 9.53 Å². The molecule has 1 rings (SSSR count). The summed E-state index contributed by atoms with van der Waals surface area (Å²) in [5, 5.41) is 8.36. The van der Waals surface area contributed by atoms with E-state index >= 15 is 0 Å². The van der Waals surface area contributed by atoms with Gasteiger partial charge in [0.25, 0.3) is 0 Å². The van der Waals surface area contributed by atoms with E-state index < -0.39 is 0 Å². The number of carbonyl (C=O) groups is 1. The smallest absolute Gasteiger partial charge is 0.311 e. The highest BCUT2D eigenvalue weighted by atomic mass is 35.5. The van der Waals surface area contributed by atoms with Crippen LogP contribution in [0.15, 0.2) is 24.3 Å². The van der Waals surface area contributed by atoms with Crippen LogP contribution in [0.25, 0.3) is 0 Å². The van der Waals surface area contributed by atoms with Gasteiger partial charge in [-0.2, -0.15) is 0 Å². The van der Waals surface area contributed by atoms with Crippen molar-refractivity contribution in [1.29, 1.82) is 5.41 Å². The molecule has 0 amide bonds. The molecule has 0 spiro atoms. The van der Waals surface area contributed by atoms with Crippen LogP contribution in [-0.2, 0) is 16.0 Å². The van der Waals surface area contributed by atoms with Crippen LogP contribution in [0.5, 0.6) is 0 Å². The second-order valence-corrected chi connectivity index (χ2v) is 4.15. The molecule has 0 atom stereocenters. The Kier molecular flexibility index (Phi) is 5.70. The predicted octanol–water partition coefficient (Wildman–Crippen LogP) is 3.25. The first-order valence-corrected chi connectivity index (χ1v) is 5.96. The zero-order valence-electron chi connectivity index (χ0n) is 9.83. The van der Waals surface area contributed by atoms with Crippen LogP contribution in [0, 0.1) is 5.41 Å². The van der Waals surface area contributed by atoms with Crippen LogP contribution in [0.2, 0.25) is 5.02 Å². The number of carbonyl (C=O) groups excluding carboxylic acids is 1. The average Bonchev–Trinajstić information content (AvgIpc) is 2.27. The molecule has 3 nitrogen and oxygen atoms in total. The van der Waals surface area contributed by atoms with Crippen LogP contribution in [0.1, 0.15) is 25.3 Å². The lowest BCUT2D eigenvalue weighted by atomic mass is 10.1. The maximum Gasteiger partial charge on any atom is 0.311 e. The largest absolute Gasteiger partial charge is 0.466 e. The van der Waals surface area contributed by atoms with E-state index in [-0.39, 0.29) is 12.4 Å². The summed E-state index contributed by atoms with van der Waals surface area (Å²) in [5.74, 6) is -0.330. The lowest BCUT2D eigenvalue weighted by Gasteiger charge is -2.04. The van der Waals surface area contributed by atoms with Gasteiger partial charge >= 0.3 is 5.97 Å². The van der Waals surface area contributed by atoms with Crippen LogP contribution in [-0.4, -0.2) is 18.3 Å². The molecule has 0 aromatic heterocycles. The summed E-state index contributed by atoms with van der Waals surface area (Å²) >= 11 is 5.86. The molecule has 17 heavy (non-hydrogen) atoms. The fourth-order valence-corrected chi connectivity index (χ4v) is 1.68. The van der Waals surface area contributed by atoms with Crippen LogP contribution in [0.3, 0.4) is 0 Å². The number of esters is 1. The summed E-state index contributed by atoms with van der Waals surface area (Å²) in [7, 11) is 0. The van der Waals surface area contributed by atoms with Crippen molar-refractivity contribution in [3.05, 3.63) is 34.9 Å². The van der Waals surface area contributed by atoms with Crippen LogP contribution in [0.4, 0.5) is 0 Å². The van der Waals surface area contributed by atoms with Gasteiger partial charge in [-0.15, -0.1) is 0 Å². The predicted molar refractivity (Wildman–Crippen MR) is 68.7 cm³/mol. The normalized spacial score (nSPS) is 10.0. The van der Waals surface area contributed by atoms with Gasteiger partial charge in [0.1, 0.15) is 0 Å². The highest BCUT2D eigenvalue weighted by molar-refractivity contribution is 6.30. The lowest BCUT2D eigenvalue weighted by molar-refractivity contribution is -0.141. The third kappa shape index (κ3) is 5.50. The van der Waals surface area contributed by atoms with Crippen molar-refractivity contribution >= 4 is 23.3 Å². The molecule has 0 bridgehead atoms. The first-order valence-electron chi connectivity index (χ1n) is 5.58. The van der Waals surface area contributed by atoms with E-state index in [0.29, 0.717) is 23.8 Å². The van der Waals surface area contributed by atoms with Gasteiger partial charge in [0.15, 0.2) is 0 Å². The molecule has 0 saturated heterocycles. The molecular formula is C13H16ClNO2. The van der Waals surface area contributed by atoms with Gasteiger partial charge in [-0.05, 0) is 37.5 Å². The maximum absolute atomic E-state index is 11.1. The molecule has 0 aliphatic heterocycles. The number of hydrogen-bond donors (Lipinski definition) is 1. The molecule has 1 aromatic rings. The maximum atomic E-state index is 11.1. The first-order chi connectivity index (χ1) is 8.11. The Hall–Kier alpha value is -1.35. The number of benzene rings is 1. The Bertz CT molecular complexity index is 404. The molecule has 0 fully saturated rings. The molecule has 0 aliphatic carbocycles. The third-order valence-electron chi connectivity index (χ3n) is 2.27. The van der Waals surface area contributed by atoms with Crippen molar-refractivity contribution in [3.63, 3.8) is 0 Å². The molecule has 0 radical (unpaired) electrons. The number of nitrogens with one attached hydrogen (secondary N) is 1. The summed E-state index contributed by atoms with van der Waals surface area (Å²) in [4.78, 5) is 11.1. The molecule has 1 N–H and O–H groups in total. The van der Waals surface area contributed by atoms with Gasteiger partial charge in [-0.25, -0.2) is 0 Å². The SMILES string of the molecule is CCOC(=O)CC(=N)CCc1cccc(Cl)c1. The molecule has 0 saturated carbocycles. The standard InChI is InChI=1S/C13H16ClNO2/c1-2-17-13(16)9-12(15)7-6-10-4-3-5-11(14)8-10/h3-5,8,15H,2,6-7,9H2,1H3. The van der Waals surface area contributed by atoms with Gasteiger partial charge in [0.2, 0.25) is 0 Å². The molecular weight excluding hydrogens is 238 g/mol. The van der Waals surface area contributed by atoms with E-state index in [0.717, 1.165) is 12.0 Å². The van der Waals surface area contributed by atoms with Crippen molar-refractivity contribution in [2.45, 2.75) is 26.2 Å². The zero-order chi connectivity index (χ0) is 12.7. The Labute approximate surface area is 106 Å². The number of ether oxygens (including phenoxy) is 1. The fourth-order valence-electron chi connectivity index (χ4n) is 1.46. The molecule has 0 aliphatic rings. The highest BCUT2D eigenvalue weighted by Gasteiger charge is 2.07. The van der Waals surface area contributed by atoms with E-state index in [9.17, 15) is 4.79 Å². The zero-order valence-corrected chi connectivity index (χ0v) is 10.6. The monoisotopic (exact) mass is 253 g/mol. The minimum absolute atomic E-state index is 0.0778. The molecule has 4 heteroatoms. The summed E-state index contributed by atoms with van der Waals surface area (Å²) in [5.41, 5.74) is 1.47. The summed E-state index contributed by atoms with van der Waals surface area (Å²) in [6, 6.07) is 7.53. The second-order valence-electron chi connectivity index (χ2n) is 3.72. The van der Waals surface area contributed by atoms with E-state index in [1.165, 1.54) is 0 Å². The number of hydrogen-bond acceptors (Lipinski definition) is 3. The van der Waals surface area contributed by atoms with E-state index in [4.69, 9.17) is 21.7 Å². The van der Waals surface area contributed by atoms with Crippen molar-refractivity contribution in [2.24, 2.45) is 0 Å². The lowest BCUT2D eigenvalue weighted by Crippen LogP contribution is -2.11. The summed E-state index contributed by atoms with van der Waals surface area (Å²) in [6.07, 6.45) is 1.35. The molecule has 0 unspecified atom stereocenters. The number of halogens is 1. The van der Waals surface area contributed by atoms with Crippen LogP contribution < -0.4 is 0 Å². The minimum atomic E-state index is -0.330. The first kappa shape index (κ1) is 13.7. The summed E-state index contributed by atoms with van der Waals surface area (Å²) in [6.45, 7) is 2.12. The van der Waals surface area contributed by atoms with Gasteiger partial charge in [0, 0.05) is 10.7 Å². The molecule has 1 aromatic carbocycles. The average molecular weight is 254 g/mol. The van der Waals surface area contributed by atoms with Gasteiger partial charge < -0.3 is 10.1 Å². The van der Waals surface area contributed by atoms with Gasteiger partial charge in [0.05, 0.1) is 13.0 Å². The van der Waals surface area contributed by atoms with Gasteiger partial charge in [-0.1, -0.05) is 23.7 Å². The topological polar surface area (TPSA) is 50.2 Å². The van der Waals surface area contributed by atoms with Gasteiger partial charge in [-0.3, -0.25) is 4.79 Å². The Morgan fingerprint density at radius 3 is 2.88 bits per heavy atom. The molecule has 92 valence electrons. The quantitative estimate of drug-likeness (QED) is 0.625. The van der Waals surface area contributed by atoms with Crippen molar-refractivity contribution in [2.75, 3.05) is 6.61 Å². The number of aryl methyl sites for hydroxylation is 1. The Morgan fingerprint density at radius 2 is 2.24 bits per heavy atom.